The fraction of sp³-hybridized carbons (Fsp3) is 0.588. The first kappa shape index (κ1) is 14.0. The van der Waals surface area contributed by atoms with E-state index in [1.54, 1.807) is 0 Å². The van der Waals surface area contributed by atoms with Crippen LogP contribution in [0.3, 0.4) is 0 Å². The second-order valence-corrected chi connectivity index (χ2v) is 6.51. The van der Waals surface area contributed by atoms with Crippen LogP contribution in [0.25, 0.3) is 11.0 Å². The maximum absolute atomic E-state index is 9.39. The fourth-order valence-corrected chi connectivity index (χ4v) is 3.42. The van der Waals surface area contributed by atoms with E-state index in [-0.39, 0.29) is 6.61 Å². The number of fused-ring (bicyclic) bond motifs is 1. The van der Waals surface area contributed by atoms with Gasteiger partial charge in [-0.1, -0.05) is 12.1 Å². The first-order chi connectivity index (χ1) is 10.8. The quantitative estimate of drug-likeness (QED) is 0.910. The summed E-state index contributed by atoms with van der Waals surface area (Å²) in [6, 6.07) is 8.20. The summed E-state index contributed by atoms with van der Waals surface area (Å²) in [6.45, 7) is 6.34. The van der Waals surface area contributed by atoms with Crippen molar-refractivity contribution in [1.29, 1.82) is 0 Å². The molecule has 1 saturated carbocycles. The van der Waals surface area contributed by atoms with E-state index in [1.807, 2.05) is 12.1 Å². The molecule has 0 radical (unpaired) electrons. The van der Waals surface area contributed by atoms with Gasteiger partial charge in [0, 0.05) is 39.3 Å². The molecule has 2 fully saturated rings. The van der Waals surface area contributed by atoms with Crippen LogP contribution >= 0.6 is 0 Å². The maximum Gasteiger partial charge on any atom is 0.206 e. The van der Waals surface area contributed by atoms with Crippen molar-refractivity contribution in [2.24, 2.45) is 5.92 Å². The van der Waals surface area contributed by atoms with E-state index in [0.717, 1.165) is 49.1 Å². The van der Waals surface area contributed by atoms with Gasteiger partial charge in [0.15, 0.2) is 0 Å². The summed E-state index contributed by atoms with van der Waals surface area (Å²) in [5.41, 5.74) is 2.14. The Morgan fingerprint density at radius 2 is 1.86 bits per heavy atom. The summed E-state index contributed by atoms with van der Waals surface area (Å²) in [5.74, 6) is 1.98. The second kappa shape index (κ2) is 5.89. The van der Waals surface area contributed by atoms with Crippen molar-refractivity contribution in [3.8, 4) is 0 Å². The zero-order valence-corrected chi connectivity index (χ0v) is 13.0. The topological polar surface area (TPSA) is 44.5 Å². The molecule has 118 valence electrons. The molecule has 5 heteroatoms. The van der Waals surface area contributed by atoms with Crippen LogP contribution in [0.5, 0.6) is 0 Å². The van der Waals surface area contributed by atoms with Crippen molar-refractivity contribution in [3.63, 3.8) is 0 Å². The number of nitrogens with zero attached hydrogens (tertiary/aromatic N) is 4. The lowest BCUT2D eigenvalue weighted by Crippen LogP contribution is -2.47. The van der Waals surface area contributed by atoms with E-state index in [1.165, 1.54) is 19.4 Å². The van der Waals surface area contributed by atoms with Gasteiger partial charge in [0.25, 0.3) is 0 Å². The zero-order valence-electron chi connectivity index (χ0n) is 13.0. The number of rotatable bonds is 5. The Morgan fingerprint density at radius 1 is 1.09 bits per heavy atom. The van der Waals surface area contributed by atoms with Crippen molar-refractivity contribution in [3.05, 3.63) is 24.3 Å². The molecule has 5 nitrogen and oxygen atoms in total. The minimum atomic E-state index is 0.148. The van der Waals surface area contributed by atoms with Crippen LogP contribution in [0.1, 0.15) is 12.8 Å². The van der Waals surface area contributed by atoms with Gasteiger partial charge < -0.3 is 14.6 Å². The number of aliphatic hydroxyl groups excluding tert-OH is 1. The van der Waals surface area contributed by atoms with Crippen LogP contribution in [0, 0.1) is 5.92 Å². The van der Waals surface area contributed by atoms with Gasteiger partial charge >= 0.3 is 0 Å². The van der Waals surface area contributed by atoms with Crippen LogP contribution in [-0.4, -0.2) is 58.9 Å². The van der Waals surface area contributed by atoms with E-state index in [9.17, 15) is 5.11 Å². The molecule has 1 aliphatic heterocycles. The predicted molar refractivity (Wildman–Crippen MR) is 88.2 cm³/mol. The summed E-state index contributed by atoms with van der Waals surface area (Å²) in [6.07, 6.45) is 2.85. The molecule has 0 amide bonds. The number of imidazole rings is 1. The summed E-state index contributed by atoms with van der Waals surface area (Å²) in [4.78, 5) is 9.78. The average Bonchev–Trinajstić information content (AvgIpc) is 3.29. The Hall–Kier alpha value is -1.59. The number of hydrogen-bond donors (Lipinski definition) is 1. The first-order valence-corrected chi connectivity index (χ1v) is 8.38. The zero-order chi connectivity index (χ0) is 14.9. The van der Waals surface area contributed by atoms with Crippen molar-refractivity contribution >= 4 is 17.0 Å². The van der Waals surface area contributed by atoms with Crippen LogP contribution in [0.4, 0.5) is 5.95 Å². The Kier molecular flexibility index (Phi) is 3.76. The summed E-state index contributed by atoms with van der Waals surface area (Å²) < 4.78 is 2.16. The molecule has 0 atom stereocenters. The molecule has 1 aromatic carbocycles. The third-order valence-corrected chi connectivity index (χ3v) is 4.83. The molecule has 1 saturated heterocycles. The molecule has 0 bridgehead atoms. The largest absolute Gasteiger partial charge is 0.395 e. The number of aliphatic hydroxyl groups is 1. The molecule has 1 aliphatic carbocycles. The summed E-state index contributed by atoms with van der Waals surface area (Å²) in [5, 5.41) is 9.39. The first-order valence-electron chi connectivity index (χ1n) is 8.38. The van der Waals surface area contributed by atoms with Crippen LogP contribution in [0.15, 0.2) is 24.3 Å². The summed E-state index contributed by atoms with van der Waals surface area (Å²) >= 11 is 0. The van der Waals surface area contributed by atoms with E-state index in [4.69, 9.17) is 4.98 Å². The highest BCUT2D eigenvalue weighted by Crippen LogP contribution is 2.30. The molecule has 0 unspecified atom stereocenters. The number of benzene rings is 1. The summed E-state index contributed by atoms with van der Waals surface area (Å²) in [7, 11) is 0. The molecule has 2 aromatic rings. The van der Waals surface area contributed by atoms with Crippen molar-refractivity contribution in [2.75, 3.05) is 44.2 Å². The lowest BCUT2D eigenvalue weighted by atomic mass is 10.3. The molecule has 22 heavy (non-hydrogen) atoms. The Bertz CT molecular complexity index is 641. The van der Waals surface area contributed by atoms with Gasteiger partial charge in [-0.2, -0.15) is 0 Å². The third-order valence-electron chi connectivity index (χ3n) is 4.83. The van der Waals surface area contributed by atoms with Gasteiger partial charge in [-0.3, -0.25) is 4.90 Å². The Labute approximate surface area is 131 Å². The van der Waals surface area contributed by atoms with Gasteiger partial charge in [0.1, 0.15) is 0 Å². The number of piperazine rings is 1. The van der Waals surface area contributed by atoms with Crippen LogP contribution in [0.2, 0.25) is 0 Å². The molecule has 1 aromatic heterocycles. The average molecular weight is 300 g/mol. The van der Waals surface area contributed by atoms with Gasteiger partial charge in [0.2, 0.25) is 5.95 Å². The Morgan fingerprint density at radius 3 is 2.59 bits per heavy atom. The lowest BCUT2D eigenvalue weighted by molar-refractivity contribution is 0.245. The molecule has 2 aliphatic rings. The van der Waals surface area contributed by atoms with Crippen LogP contribution < -0.4 is 4.90 Å². The number of para-hydroxylation sites is 2. The van der Waals surface area contributed by atoms with E-state index in [2.05, 4.69) is 26.5 Å². The lowest BCUT2D eigenvalue weighted by Gasteiger charge is -2.35. The monoisotopic (exact) mass is 300 g/mol. The minimum absolute atomic E-state index is 0.148. The van der Waals surface area contributed by atoms with E-state index in [0.29, 0.717) is 6.54 Å². The van der Waals surface area contributed by atoms with Gasteiger partial charge in [-0.25, -0.2) is 4.98 Å². The molecular weight excluding hydrogens is 276 g/mol. The van der Waals surface area contributed by atoms with Crippen molar-refractivity contribution < 1.29 is 5.11 Å². The predicted octanol–water partition coefficient (Wildman–Crippen LogP) is 1.56. The van der Waals surface area contributed by atoms with Crippen LogP contribution in [-0.2, 0) is 6.54 Å². The Balaban J connectivity index is 1.54. The molecular formula is C17H24N4O. The third kappa shape index (κ3) is 2.71. The second-order valence-electron chi connectivity index (χ2n) is 6.51. The molecule has 2 heterocycles. The SMILES string of the molecule is OCCn1c(N2CCN(CC3CC3)CC2)nc2ccccc21. The number of anilines is 1. The number of aromatic nitrogens is 2. The normalized spacial score (nSPS) is 20.0. The highest BCUT2D eigenvalue weighted by Gasteiger charge is 2.27. The minimum Gasteiger partial charge on any atom is -0.395 e. The molecule has 1 N–H and O–H groups in total. The van der Waals surface area contributed by atoms with E-state index < -0.39 is 0 Å². The molecule has 0 spiro atoms. The highest BCUT2D eigenvalue weighted by atomic mass is 16.3. The maximum atomic E-state index is 9.39. The highest BCUT2D eigenvalue weighted by molar-refractivity contribution is 5.78. The smallest absolute Gasteiger partial charge is 0.206 e. The fourth-order valence-electron chi connectivity index (χ4n) is 3.42. The number of hydrogen-bond acceptors (Lipinski definition) is 4. The van der Waals surface area contributed by atoms with Crippen molar-refractivity contribution in [2.45, 2.75) is 19.4 Å². The van der Waals surface area contributed by atoms with Gasteiger partial charge in [0.05, 0.1) is 17.6 Å². The van der Waals surface area contributed by atoms with Gasteiger partial charge in [-0.05, 0) is 30.9 Å². The molecule has 4 rings (SSSR count). The standard InChI is InChI=1S/C17H24N4O/c22-12-11-21-16-4-2-1-3-15(16)18-17(21)20-9-7-19(8-10-20)13-14-5-6-14/h1-4,14,22H,5-13H2. The van der Waals surface area contributed by atoms with Crippen molar-refractivity contribution in [1.82, 2.24) is 14.5 Å². The van der Waals surface area contributed by atoms with Gasteiger partial charge in [-0.15, -0.1) is 0 Å². The van der Waals surface area contributed by atoms with E-state index >= 15 is 0 Å².